The summed E-state index contributed by atoms with van der Waals surface area (Å²) in [6.45, 7) is 7.85. The predicted molar refractivity (Wildman–Crippen MR) is 195 cm³/mol. The van der Waals surface area contributed by atoms with Crippen molar-refractivity contribution in [3.05, 3.63) is 112 Å². The third-order valence-corrected chi connectivity index (χ3v) is 9.34. The first kappa shape index (κ1) is 37.0. The largest absolute Gasteiger partial charge is 0.457 e. The number of rotatable bonds is 12. The molecule has 1 saturated heterocycles. The maximum Gasteiger partial charge on any atom is 0.251 e. The molecule has 1 aliphatic rings. The molecule has 12 heteroatoms. The van der Waals surface area contributed by atoms with Gasteiger partial charge in [-0.2, -0.15) is 0 Å². The van der Waals surface area contributed by atoms with Crippen molar-refractivity contribution in [3.63, 3.8) is 0 Å². The quantitative estimate of drug-likeness (QED) is 0.135. The van der Waals surface area contributed by atoms with Gasteiger partial charge in [0.25, 0.3) is 5.91 Å². The molecule has 0 spiro atoms. The number of anilines is 1. The van der Waals surface area contributed by atoms with Crippen molar-refractivity contribution >= 4 is 46.3 Å². The van der Waals surface area contributed by atoms with Crippen LogP contribution in [0.1, 0.15) is 42.8 Å². The Morgan fingerprint density at radius 2 is 1.68 bits per heavy atom. The van der Waals surface area contributed by atoms with Gasteiger partial charge in [0.2, 0.25) is 18.2 Å². The summed E-state index contributed by atoms with van der Waals surface area (Å²) in [5.41, 5.74) is 1.43. The van der Waals surface area contributed by atoms with Gasteiger partial charge >= 0.3 is 0 Å². The Bertz CT molecular complexity index is 1740. The molecular formula is C38H43ClN4O6S. The number of hydrogen-bond donors (Lipinski definition) is 2. The SMILES string of the molecule is Cc1cc(Oc2ccccc2)ccc1N(C(=O)CCl)[C@H](C(=O)N1CCN(C(O)OC(C)(C)C)[C@@H](C(=O)NCc2ccccc2)C1)c1cccs1. The number of ether oxygens (including phenoxy) is 2. The van der Waals surface area contributed by atoms with E-state index in [-0.39, 0.29) is 43.9 Å². The van der Waals surface area contributed by atoms with Gasteiger partial charge in [0.15, 0.2) is 0 Å². The fourth-order valence-corrected chi connectivity index (χ4v) is 6.76. The molecule has 4 aromatic rings. The molecule has 3 amide bonds. The van der Waals surface area contributed by atoms with E-state index in [0.29, 0.717) is 27.6 Å². The van der Waals surface area contributed by atoms with Gasteiger partial charge in [0.05, 0.1) is 5.60 Å². The molecule has 5 rings (SSSR count). The normalized spacial score (nSPS) is 16.4. The van der Waals surface area contributed by atoms with E-state index in [1.165, 1.54) is 16.2 Å². The van der Waals surface area contributed by atoms with Crippen LogP contribution in [0.25, 0.3) is 0 Å². The van der Waals surface area contributed by atoms with Crippen LogP contribution >= 0.6 is 22.9 Å². The molecule has 1 aliphatic heterocycles. The lowest BCUT2D eigenvalue weighted by Gasteiger charge is -2.44. The third-order valence-electron chi connectivity index (χ3n) is 8.18. The molecule has 3 aromatic carbocycles. The van der Waals surface area contributed by atoms with Crippen molar-refractivity contribution in [3.8, 4) is 11.5 Å². The Labute approximate surface area is 302 Å². The van der Waals surface area contributed by atoms with Gasteiger partial charge in [-0.15, -0.1) is 22.9 Å². The first-order valence-electron chi connectivity index (χ1n) is 16.4. The number of benzene rings is 3. The molecular weight excluding hydrogens is 676 g/mol. The number of aryl methyl sites for hydroxylation is 1. The highest BCUT2D eigenvalue weighted by Gasteiger charge is 2.43. The van der Waals surface area contributed by atoms with Gasteiger partial charge in [-0.05, 0) is 80.6 Å². The number of aliphatic hydroxyl groups excluding tert-OH is 1. The van der Waals surface area contributed by atoms with Crippen LogP contribution in [0.5, 0.6) is 11.5 Å². The molecule has 1 unspecified atom stereocenters. The molecule has 0 aliphatic carbocycles. The van der Waals surface area contributed by atoms with E-state index >= 15 is 0 Å². The predicted octanol–water partition coefficient (Wildman–Crippen LogP) is 6.08. The highest BCUT2D eigenvalue weighted by atomic mass is 35.5. The molecule has 0 radical (unpaired) electrons. The maximum atomic E-state index is 14.7. The summed E-state index contributed by atoms with van der Waals surface area (Å²) in [5.74, 6) is -0.310. The van der Waals surface area contributed by atoms with Crippen molar-refractivity contribution in [2.45, 2.75) is 58.3 Å². The second kappa shape index (κ2) is 16.6. The summed E-state index contributed by atoms with van der Waals surface area (Å²) in [7, 11) is 0. The van der Waals surface area contributed by atoms with E-state index in [4.69, 9.17) is 21.1 Å². The standard InChI is InChI=1S/C38H43ClN4O6S/c1-26-22-29(48-28-14-9-6-10-15-28)17-18-30(26)43(33(44)23-39)34(32-16-11-21-50-32)36(46)41-19-20-42(37(47)49-38(2,3)4)31(25-41)35(45)40-24-27-12-7-5-8-13-27/h5-18,21-22,31,34,37,47H,19-20,23-25H2,1-4H3,(H,40,45)/t31-,34+,37?/m1/s1. The minimum atomic E-state index is -1.39. The molecule has 0 saturated carbocycles. The number of nitrogens with zero attached hydrogens (tertiary/aromatic N) is 3. The lowest BCUT2D eigenvalue weighted by molar-refractivity contribution is -0.253. The Morgan fingerprint density at radius 3 is 2.30 bits per heavy atom. The van der Waals surface area contributed by atoms with E-state index in [9.17, 15) is 19.5 Å². The Morgan fingerprint density at radius 1 is 0.980 bits per heavy atom. The van der Waals surface area contributed by atoms with Crippen molar-refractivity contribution in [2.24, 2.45) is 0 Å². The smallest absolute Gasteiger partial charge is 0.251 e. The number of piperazine rings is 1. The minimum Gasteiger partial charge on any atom is -0.457 e. The molecule has 3 atom stereocenters. The number of halogens is 1. The lowest BCUT2D eigenvalue weighted by atomic mass is 10.1. The van der Waals surface area contributed by atoms with Gasteiger partial charge in [0, 0.05) is 36.7 Å². The first-order valence-corrected chi connectivity index (χ1v) is 17.8. The Kier molecular flexibility index (Phi) is 12.3. The van der Waals surface area contributed by atoms with Crippen LogP contribution < -0.4 is 15.0 Å². The highest BCUT2D eigenvalue weighted by Crippen LogP contribution is 2.37. The van der Waals surface area contributed by atoms with E-state index in [1.807, 2.05) is 112 Å². The average Bonchev–Trinajstić information content (AvgIpc) is 3.64. The molecule has 50 heavy (non-hydrogen) atoms. The van der Waals surface area contributed by atoms with E-state index in [0.717, 1.165) is 5.56 Å². The van der Waals surface area contributed by atoms with Crippen molar-refractivity contribution in [1.82, 2.24) is 15.1 Å². The van der Waals surface area contributed by atoms with Crippen molar-refractivity contribution < 1.29 is 29.0 Å². The molecule has 1 fully saturated rings. The van der Waals surface area contributed by atoms with Gasteiger partial charge < -0.3 is 24.8 Å². The Balaban J connectivity index is 1.45. The second-order valence-corrected chi connectivity index (χ2v) is 14.2. The zero-order valence-electron chi connectivity index (χ0n) is 28.6. The third kappa shape index (κ3) is 9.29. The second-order valence-electron chi connectivity index (χ2n) is 13.0. The summed E-state index contributed by atoms with van der Waals surface area (Å²) in [5, 5.41) is 15.9. The first-order chi connectivity index (χ1) is 23.9. The van der Waals surface area contributed by atoms with Crippen molar-refractivity contribution in [2.75, 3.05) is 30.4 Å². The van der Waals surface area contributed by atoms with E-state index < -0.39 is 30.0 Å². The number of aliphatic hydroxyl groups is 1. The summed E-state index contributed by atoms with van der Waals surface area (Å²) in [4.78, 5) is 47.4. The van der Waals surface area contributed by atoms with Crippen LogP contribution in [0.2, 0.25) is 0 Å². The van der Waals surface area contributed by atoms with E-state index in [2.05, 4.69) is 5.32 Å². The van der Waals surface area contributed by atoms with Gasteiger partial charge in [-0.25, -0.2) is 4.90 Å². The maximum absolute atomic E-state index is 14.7. The number of carbonyl (C=O) groups is 3. The number of para-hydroxylation sites is 1. The van der Waals surface area contributed by atoms with Crippen LogP contribution in [0.3, 0.4) is 0 Å². The van der Waals surface area contributed by atoms with Crippen LogP contribution in [0.4, 0.5) is 5.69 Å². The molecule has 2 heterocycles. The van der Waals surface area contributed by atoms with Crippen molar-refractivity contribution in [1.29, 1.82) is 0 Å². The number of amides is 3. The van der Waals surface area contributed by atoms with Crippen LogP contribution in [-0.2, 0) is 25.7 Å². The minimum absolute atomic E-state index is 0.0440. The summed E-state index contributed by atoms with van der Waals surface area (Å²) in [6, 6.07) is 25.8. The monoisotopic (exact) mass is 718 g/mol. The molecule has 264 valence electrons. The molecule has 10 nitrogen and oxygen atoms in total. The topological polar surface area (TPSA) is 112 Å². The number of alkyl halides is 1. The number of carbonyl (C=O) groups excluding carboxylic acids is 3. The summed E-state index contributed by atoms with van der Waals surface area (Å²) < 4.78 is 11.9. The van der Waals surface area contributed by atoms with E-state index in [1.54, 1.807) is 21.9 Å². The molecule has 2 N–H and O–H groups in total. The van der Waals surface area contributed by atoms with Gasteiger partial charge in [0.1, 0.15) is 29.5 Å². The summed E-state index contributed by atoms with van der Waals surface area (Å²) >= 11 is 7.55. The fourth-order valence-electron chi connectivity index (χ4n) is 5.83. The fraction of sp³-hybridized carbons (Fsp3) is 0.342. The van der Waals surface area contributed by atoms with Crippen LogP contribution in [0, 0.1) is 6.92 Å². The number of hydrogen-bond acceptors (Lipinski definition) is 8. The molecule has 1 aromatic heterocycles. The summed E-state index contributed by atoms with van der Waals surface area (Å²) in [6.07, 6.45) is -1.39. The van der Waals surface area contributed by atoms with Gasteiger partial charge in [-0.3, -0.25) is 19.3 Å². The number of thiophene rings is 1. The highest BCUT2D eigenvalue weighted by molar-refractivity contribution is 7.10. The zero-order chi connectivity index (χ0) is 35.8. The molecule has 0 bridgehead atoms. The zero-order valence-corrected chi connectivity index (χ0v) is 30.2. The van der Waals surface area contributed by atoms with Crippen LogP contribution in [-0.4, -0.2) is 76.2 Å². The Hall–Kier alpha value is -4.26. The number of nitrogens with one attached hydrogen (secondary N) is 1. The average molecular weight is 719 g/mol. The van der Waals surface area contributed by atoms with Crippen LogP contribution in [0.15, 0.2) is 96.4 Å². The van der Waals surface area contributed by atoms with Gasteiger partial charge in [-0.1, -0.05) is 54.6 Å². The lowest BCUT2D eigenvalue weighted by Crippen LogP contribution is -2.64.